The van der Waals surface area contributed by atoms with Crippen molar-refractivity contribution in [3.05, 3.63) is 83.9 Å². The third kappa shape index (κ3) is 11.3. The zero-order chi connectivity index (χ0) is 40.8. The Morgan fingerprint density at radius 3 is 1.93 bits per heavy atom. The third-order valence-corrected chi connectivity index (χ3v) is 11.1. The number of hydrogen-bond donors (Lipinski definition) is 1. The molecular formula is C46H67NO8S. The number of allylic oxidation sites excluding steroid dienone is 1. The fourth-order valence-corrected chi connectivity index (χ4v) is 8.48. The van der Waals surface area contributed by atoms with Crippen LogP contribution in [0.3, 0.4) is 0 Å². The zero-order valence-electron chi connectivity index (χ0n) is 34.9. The second kappa shape index (κ2) is 21.0. The van der Waals surface area contributed by atoms with Crippen molar-refractivity contribution < 1.29 is 38.4 Å². The van der Waals surface area contributed by atoms with Crippen LogP contribution in [-0.2, 0) is 38.9 Å². The smallest absolute Gasteiger partial charge is 0.342 e. The van der Waals surface area contributed by atoms with Crippen LogP contribution in [0.2, 0.25) is 0 Å². The second-order valence-corrected chi connectivity index (χ2v) is 17.1. The molecule has 0 radical (unpaired) electrons. The molecule has 2 aromatic rings. The number of ether oxygens (including phenoxy) is 5. The molecule has 10 heteroatoms. The van der Waals surface area contributed by atoms with E-state index in [-0.39, 0.29) is 11.1 Å². The van der Waals surface area contributed by atoms with Gasteiger partial charge in [0.15, 0.2) is 11.4 Å². The molecule has 1 N–H and O–H groups in total. The van der Waals surface area contributed by atoms with E-state index in [0.29, 0.717) is 19.6 Å². The van der Waals surface area contributed by atoms with Crippen LogP contribution in [0.5, 0.6) is 0 Å². The summed E-state index contributed by atoms with van der Waals surface area (Å²) < 4.78 is 30.1. The lowest BCUT2D eigenvalue weighted by molar-refractivity contribution is -0.190. The number of benzene rings is 2. The van der Waals surface area contributed by atoms with Crippen molar-refractivity contribution in [3.8, 4) is 0 Å². The highest BCUT2D eigenvalue weighted by Crippen LogP contribution is 2.48. The number of methoxy groups -OCH3 is 1. The third-order valence-electron chi connectivity index (χ3n) is 10.8. The molecule has 0 unspecified atom stereocenters. The number of carbonyl (C=O) groups excluding carboxylic acids is 2. The molecule has 0 spiro atoms. The molecule has 56 heavy (non-hydrogen) atoms. The molecule has 3 atom stereocenters. The van der Waals surface area contributed by atoms with Gasteiger partial charge >= 0.3 is 5.97 Å². The summed E-state index contributed by atoms with van der Waals surface area (Å²) in [4.78, 5) is 30.5. The van der Waals surface area contributed by atoms with Crippen molar-refractivity contribution in [1.82, 2.24) is 4.90 Å². The zero-order valence-corrected chi connectivity index (χ0v) is 35.7. The number of carbonyl (C=O) groups is 2. The molecule has 4 rings (SSSR count). The van der Waals surface area contributed by atoms with Crippen molar-refractivity contribution >= 4 is 29.3 Å². The van der Waals surface area contributed by atoms with Gasteiger partial charge in [0.25, 0.3) is 5.17 Å². The van der Waals surface area contributed by atoms with E-state index in [4.69, 9.17) is 35.9 Å². The summed E-state index contributed by atoms with van der Waals surface area (Å²) in [7, 11) is 1.38. The molecule has 0 aromatic heterocycles. The Labute approximate surface area is 341 Å². The minimum absolute atomic E-state index is 0.0299. The number of thiocarbonyl (C=S) groups is 1. The van der Waals surface area contributed by atoms with E-state index in [1.165, 1.54) is 37.7 Å². The van der Waals surface area contributed by atoms with Crippen molar-refractivity contribution in [3.63, 3.8) is 0 Å². The fourth-order valence-electron chi connectivity index (χ4n) is 8.14. The summed E-state index contributed by atoms with van der Waals surface area (Å²) in [5.74, 6) is -3.52. The van der Waals surface area contributed by atoms with E-state index >= 15 is 4.79 Å². The Balaban J connectivity index is 1.57. The van der Waals surface area contributed by atoms with Gasteiger partial charge in [0, 0.05) is 31.1 Å². The molecule has 1 amide bonds. The van der Waals surface area contributed by atoms with Gasteiger partial charge in [0.1, 0.15) is 5.60 Å². The highest BCUT2D eigenvalue weighted by molar-refractivity contribution is 7.80. The van der Waals surface area contributed by atoms with Crippen LogP contribution in [-0.4, -0.2) is 77.0 Å². The number of unbranched alkanes of at least 4 members (excludes halogenated alkanes) is 8. The molecule has 2 fully saturated rings. The predicted octanol–water partition coefficient (Wildman–Crippen LogP) is 9.43. The largest absolute Gasteiger partial charge is 0.458 e. The van der Waals surface area contributed by atoms with Gasteiger partial charge in [-0.25, -0.2) is 4.79 Å². The molecule has 0 aliphatic carbocycles. The number of rotatable bonds is 22. The maximum absolute atomic E-state index is 15.2. The van der Waals surface area contributed by atoms with E-state index in [0.717, 1.165) is 56.1 Å². The maximum Gasteiger partial charge on any atom is 0.342 e. The average molecular weight is 794 g/mol. The Bertz CT molecular complexity index is 1510. The van der Waals surface area contributed by atoms with Crippen molar-refractivity contribution in [2.45, 2.75) is 147 Å². The molecular weight excluding hydrogens is 727 g/mol. The Morgan fingerprint density at radius 2 is 1.43 bits per heavy atom. The van der Waals surface area contributed by atoms with Gasteiger partial charge in [-0.15, -0.1) is 0 Å². The Kier molecular flexibility index (Phi) is 17.1. The van der Waals surface area contributed by atoms with Crippen LogP contribution in [0, 0.1) is 11.8 Å². The van der Waals surface area contributed by atoms with Crippen LogP contribution >= 0.6 is 12.2 Å². The van der Waals surface area contributed by atoms with E-state index < -0.39 is 53.0 Å². The van der Waals surface area contributed by atoms with Crippen LogP contribution in [0.15, 0.2) is 72.8 Å². The lowest BCUT2D eigenvalue weighted by Crippen LogP contribution is -2.59. The number of nitrogens with zero attached hydrogens (tertiary/aromatic N) is 1. The van der Waals surface area contributed by atoms with Crippen LogP contribution in [0.25, 0.3) is 0 Å². The van der Waals surface area contributed by atoms with Gasteiger partial charge in [0.05, 0.1) is 31.8 Å². The van der Waals surface area contributed by atoms with E-state index in [1.54, 1.807) is 26.8 Å². The minimum atomic E-state index is -2.36. The van der Waals surface area contributed by atoms with Crippen LogP contribution in [0.4, 0.5) is 0 Å². The van der Waals surface area contributed by atoms with E-state index in [2.05, 4.69) is 6.92 Å². The fraction of sp³-hybridized carbons (Fsp3) is 0.630. The summed E-state index contributed by atoms with van der Waals surface area (Å²) in [6, 6.07) is 18.9. The van der Waals surface area contributed by atoms with E-state index in [1.807, 2.05) is 80.6 Å². The van der Waals surface area contributed by atoms with Gasteiger partial charge in [-0.2, -0.15) is 0 Å². The van der Waals surface area contributed by atoms with Crippen molar-refractivity contribution in [2.75, 3.05) is 26.9 Å². The lowest BCUT2D eigenvalue weighted by atomic mass is 9.75. The summed E-state index contributed by atoms with van der Waals surface area (Å²) in [5.41, 5.74) is -2.77. The first kappa shape index (κ1) is 45.6. The average Bonchev–Trinajstić information content (AvgIpc) is 3.77. The first-order valence-electron chi connectivity index (χ1n) is 20.8. The highest BCUT2D eigenvalue weighted by Gasteiger charge is 2.60. The number of amides is 1. The van der Waals surface area contributed by atoms with Gasteiger partial charge in [-0.3, -0.25) is 9.69 Å². The molecule has 2 aromatic carbocycles. The summed E-state index contributed by atoms with van der Waals surface area (Å²) in [5, 5.41) is 12.3. The van der Waals surface area contributed by atoms with Crippen molar-refractivity contribution in [2.24, 2.45) is 11.8 Å². The molecule has 0 saturated carbocycles. The molecule has 0 bridgehead atoms. The van der Waals surface area contributed by atoms with Crippen LogP contribution in [0.1, 0.15) is 130 Å². The lowest BCUT2D eigenvalue weighted by Gasteiger charge is -2.40. The second-order valence-electron chi connectivity index (χ2n) is 16.7. The molecule has 2 aliphatic heterocycles. The topological polar surface area (TPSA) is 104 Å². The van der Waals surface area contributed by atoms with E-state index in [9.17, 15) is 9.90 Å². The number of hydrogen-bond acceptors (Lipinski definition) is 9. The Hall–Kier alpha value is -3.15. The maximum atomic E-state index is 15.2. The normalized spacial score (nSPS) is 19.6. The SMILES string of the molecule is CCCCCCCC1(CCCCCC/C=C/[C@H](C(=O)N2C(=S)OC(c3ccccc3)(c3ccccc3)[C@@H]2C(C)C)[C@@](O)(COC)C(=O)OC(C)(C)C)OCCO1. The van der Waals surface area contributed by atoms with Gasteiger partial charge in [0.2, 0.25) is 11.5 Å². The van der Waals surface area contributed by atoms with Gasteiger partial charge in [-0.05, 0) is 64.6 Å². The monoisotopic (exact) mass is 793 g/mol. The molecule has 2 saturated heterocycles. The summed E-state index contributed by atoms with van der Waals surface area (Å²) >= 11 is 5.92. The summed E-state index contributed by atoms with van der Waals surface area (Å²) in [6.07, 6.45) is 15.9. The first-order valence-corrected chi connectivity index (χ1v) is 21.2. The molecule has 2 aliphatic rings. The molecule has 310 valence electrons. The minimum Gasteiger partial charge on any atom is -0.458 e. The summed E-state index contributed by atoms with van der Waals surface area (Å²) in [6.45, 7) is 12.3. The van der Waals surface area contributed by atoms with Crippen LogP contribution < -0.4 is 0 Å². The first-order chi connectivity index (χ1) is 26.7. The number of esters is 1. The van der Waals surface area contributed by atoms with Gasteiger partial charge in [-0.1, -0.05) is 132 Å². The van der Waals surface area contributed by atoms with Gasteiger partial charge < -0.3 is 28.8 Å². The molecule has 2 heterocycles. The van der Waals surface area contributed by atoms with Crippen molar-refractivity contribution in [1.29, 1.82) is 0 Å². The number of aliphatic hydroxyl groups is 1. The quantitative estimate of drug-likeness (QED) is 0.0541. The Morgan fingerprint density at radius 1 is 0.893 bits per heavy atom. The molecule has 9 nitrogen and oxygen atoms in total. The standard InChI is InChI=1S/C46H67NO8S/c1-8-9-10-14-23-30-44(52-32-33-53-44)31-24-15-12-11-13-22-29-38(45(50,34-51-7)41(49)54-43(4,5)6)40(48)47-39(35(2)3)46(55-42(47)56,36-25-18-16-19-26-36)37-27-20-17-21-28-37/h16-22,25-29,35,38-39,50H,8-15,23-24,30-34H2,1-7H3/b29-22+/t38-,39+,45+/m1/s1. The predicted molar refractivity (Wildman–Crippen MR) is 224 cm³/mol. The highest BCUT2D eigenvalue weighted by atomic mass is 32.1.